The summed E-state index contributed by atoms with van der Waals surface area (Å²) in [4.78, 5) is 36.4. The standard InChI is InChI=1S/C19H28N8O3S/c1-12-11-29-9-8-27(12)17-22-15(14-10-21-16(20)31-14)23-18(24-17)30-13-4-6-26(7-5-13)19(28)25(2)3/h10,12-13H,4-9,11H2,1-3H3,(H2,20,21)/t12-/m0/s1. The molecule has 1 atom stereocenters. The first kappa shape index (κ1) is 21.5. The number of ether oxygens (including phenoxy) is 2. The maximum Gasteiger partial charge on any atom is 0.322 e. The van der Waals surface area contributed by atoms with Crippen LogP contribution in [0.4, 0.5) is 15.9 Å². The van der Waals surface area contributed by atoms with Gasteiger partial charge in [-0.05, 0) is 6.92 Å². The Morgan fingerprint density at radius 2 is 2.03 bits per heavy atom. The highest BCUT2D eigenvalue weighted by Gasteiger charge is 2.27. The zero-order valence-electron chi connectivity index (χ0n) is 18.0. The number of aromatic nitrogens is 4. The van der Waals surface area contributed by atoms with Crippen LogP contribution in [0.1, 0.15) is 19.8 Å². The third kappa shape index (κ3) is 4.96. The molecule has 12 heteroatoms. The topological polar surface area (TPSA) is 123 Å². The van der Waals surface area contributed by atoms with Crippen LogP contribution in [-0.4, -0.2) is 94.9 Å². The quantitative estimate of drug-likeness (QED) is 0.738. The number of nitrogens with two attached hydrogens (primary N) is 1. The van der Waals surface area contributed by atoms with Crippen molar-refractivity contribution in [3.05, 3.63) is 6.20 Å². The van der Waals surface area contributed by atoms with Crippen molar-refractivity contribution in [1.29, 1.82) is 0 Å². The summed E-state index contributed by atoms with van der Waals surface area (Å²) < 4.78 is 11.7. The van der Waals surface area contributed by atoms with Crippen molar-refractivity contribution in [1.82, 2.24) is 29.7 Å². The number of morpholine rings is 1. The fraction of sp³-hybridized carbons (Fsp3) is 0.632. The molecule has 0 aliphatic carbocycles. The Balaban J connectivity index is 1.54. The van der Waals surface area contributed by atoms with Crippen LogP contribution < -0.4 is 15.4 Å². The fourth-order valence-corrected chi connectivity index (χ4v) is 4.27. The van der Waals surface area contributed by atoms with Gasteiger partial charge in [0.1, 0.15) is 6.10 Å². The maximum absolute atomic E-state index is 12.2. The summed E-state index contributed by atoms with van der Waals surface area (Å²) in [6.07, 6.45) is 3.04. The molecular weight excluding hydrogens is 420 g/mol. The Morgan fingerprint density at radius 3 is 2.68 bits per heavy atom. The van der Waals surface area contributed by atoms with Crippen LogP contribution in [0.25, 0.3) is 10.7 Å². The van der Waals surface area contributed by atoms with Crippen molar-refractivity contribution in [3.63, 3.8) is 0 Å². The lowest BCUT2D eigenvalue weighted by Crippen LogP contribution is -2.46. The van der Waals surface area contributed by atoms with Crippen LogP contribution in [0.2, 0.25) is 0 Å². The molecule has 4 heterocycles. The lowest BCUT2D eigenvalue weighted by atomic mass is 10.1. The lowest BCUT2D eigenvalue weighted by molar-refractivity contribution is 0.0926. The molecule has 2 fully saturated rings. The third-order valence-electron chi connectivity index (χ3n) is 5.34. The second-order valence-corrected chi connectivity index (χ2v) is 8.97. The second-order valence-electron chi connectivity index (χ2n) is 7.90. The predicted octanol–water partition coefficient (Wildman–Crippen LogP) is 1.33. The van der Waals surface area contributed by atoms with Gasteiger partial charge in [-0.2, -0.15) is 15.0 Å². The molecule has 2 aromatic rings. The molecule has 0 spiro atoms. The molecule has 31 heavy (non-hydrogen) atoms. The number of anilines is 2. The number of carbonyl (C=O) groups is 1. The van der Waals surface area contributed by atoms with E-state index in [2.05, 4.69) is 31.8 Å². The highest BCUT2D eigenvalue weighted by atomic mass is 32.1. The average Bonchev–Trinajstić information content (AvgIpc) is 3.20. The minimum Gasteiger partial charge on any atom is -0.460 e. The maximum atomic E-state index is 12.2. The van der Waals surface area contributed by atoms with E-state index in [0.717, 1.165) is 17.7 Å². The number of hydrogen-bond donors (Lipinski definition) is 1. The van der Waals surface area contributed by atoms with Gasteiger partial charge >= 0.3 is 12.0 Å². The van der Waals surface area contributed by atoms with Crippen molar-refractivity contribution in [3.8, 4) is 16.7 Å². The van der Waals surface area contributed by atoms with E-state index in [1.165, 1.54) is 11.3 Å². The van der Waals surface area contributed by atoms with E-state index in [9.17, 15) is 4.79 Å². The van der Waals surface area contributed by atoms with E-state index < -0.39 is 0 Å². The highest BCUT2D eigenvalue weighted by molar-refractivity contribution is 7.18. The van der Waals surface area contributed by atoms with E-state index in [0.29, 0.717) is 49.8 Å². The summed E-state index contributed by atoms with van der Waals surface area (Å²) in [7, 11) is 3.52. The van der Waals surface area contributed by atoms with Crippen LogP contribution in [0, 0.1) is 0 Å². The number of amides is 2. The van der Waals surface area contributed by atoms with Crippen molar-refractivity contribution in [2.75, 3.05) is 57.6 Å². The van der Waals surface area contributed by atoms with Gasteiger partial charge in [0.05, 0.1) is 30.3 Å². The van der Waals surface area contributed by atoms with E-state index in [4.69, 9.17) is 15.2 Å². The molecule has 0 aromatic carbocycles. The molecule has 2 aromatic heterocycles. The van der Waals surface area contributed by atoms with E-state index in [-0.39, 0.29) is 24.2 Å². The van der Waals surface area contributed by atoms with Gasteiger partial charge in [-0.15, -0.1) is 0 Å². The molecule has 168 valence electrons. The second kappa shape index (κ2) is 9.18. The highest BCUT2D eigenvalue weighted by Crippen LogP contribution is 2.28. The van der Waals surface area contributed by atoms with Gasteiger partial charge in [0.2, 0.25) is 5.95 Å². The molecule has 0 unspecified atom stereocenters. The van der Waals surface area contributed by atoms with Crippen LogP contribution in [0.15, 0.2) is 6.20 Å². The predicted molar refractivity (Wildman–Crippen MR) is 117 cm³/mol. The summed E-state index contributed by atoms with van der Waals surface area (Å²) in [6.45, 7) is 5.28. The number of hydrogen-bond acceptors (Lipinski definition) is 10. The molecule has 0 saturated carbocycles. The normalized spacial score (nSPS) is 20.0. The number of urea groups is 1. The average molecular weight is 449 g/mol. The number of thiazole rings is 1. The number of nitrogens with zero attached hydrogens (tertiary/aromatic N) is 7. The summed E-state index contributed by atoms with van der Waals surface area (Å²) in [5.74, 6) is 1.05. The molecular formula is C19H28N8O3S. The van der Waals surface area contributed by atoms with E-state index in [1.807, 2.05) is 4.90 Å². The van der Waals surface area contributed by atoms with E-state index >= 15 is 0 Å². The molecule has 2 aliphatic heterocycles. The van der Waals surface area contributed by atoms with Crippen molar-refractivity contribution in [2.45, 2.75) is 31.9 Å². The molecule has 2 saturated heterocycles. The summed E-state index contributed by atoms with van der Waals surface area (Å²) in [6, 6.07) is 0.444. The number of likely N-dealkylation sites (tertiary alicyclic amines) is 1. The Morgan fingerprint density at radius 1 is 1.26 bits per heavy atom. The zero-order valence-corrected chi connectivity index (χ0v) is 18.8. The molecule has 11 nitrogen and oxygen atoms in total. The van der Waals surface area contributed by atoms with Gasteiger partial charge in [0.25, 0.3) is 0 Å². The molecule has 0 bridgehead atoms. The lowest BCUT2D eigenvalue weighted by Gasteiger charge is -2.34. The number of rotatable bonds is 4. The van der Waals surface area contributed by atoms with Crippen LogP contribution in [0.5, 0.6) is 6.01 Å². The summed E-state index contributed by atoms with van der Waals surface area (Å²) >= 11 is 1.32. The van der Waals surface area contributed by atoms with Crippen molar-refractivity contribution in [2.24, 2.45) is 0 Å². The van der Waals surface area contributed by atoms with E-state index in [1.54, 1.807) is 25.2 Å². The first-order chi connectivity index (χ1) is 14.9. The molecule has 2 aliphatic rings. The summed E-state index contributed by atoms with van der Waals surface area (Å²) in [5, 5.41) is 0.456. The molecule has 2 N–H and O–H groups in total. The minimum absolute atomic E-state index is 0.0206. The fourth-order valence-electron chi connectivity index (χ4n) is 3.65. The van der Waals surface area contributed by atoms with Crippen LogP contribution in [0.3, 0.4) is 0 Å². The minimum atomic E-state index is -0.0667. The number of piperidine rings is 1. The van der Waals surface area contributed by atoms with Crippen molar-refractivity contribution >= 4 is 28.4 Å². The molecule has 0 radical (unpaired) electrons. The zero-order chi connectivity index (χ0) is 22.0. The van der Waals surface area contributed by atoms with Gasteiger partial charge in [0, 0.05) is 46.6 Å². The van der Waals surface area contributed by atoms with Crippen LogP contribution in [-0.2, 0) is 4.74 Å². The SMILES string of the molecule is C[C@H]1COCCN1c1nc(OC2CCN(C(=O)N(C)C)CC2)nc(-c2cnc(N)s2)n1. The van der Waals surface area contributed by atoms with Gasteiger partial charge < -0.3 is 29.9 Å². The Hall–Kier alpha value is -2.73. The first-order valence-electron chi connectivity index (χ1n) is 10.4. The van der Waals surface area contributed by atoms with Gasteiger partial charge in [-0.1, -0.05) is 11.3 Å². The number of carbonyl (C=O) groups excluding carboxylic acids is 1. The largest absolute Gasteiger partial charge is 0.460 e. The Labute approximate surface area is 185 Å². The Kier molecular flexibility index (Phi) is 6.37. The summed E-state index contributed by atoms with van der Waals surface area (Å²) in [5.41, 5.74) is 5.81. The number of nitrogen functional groups attached to an aromatic ring is 1. The van der Waals surface area contributed by atoms with Gasteiger partial charge in [-0.25, -0.2) is 9.78 Å². The third-order valence-corrected chi connectivity index (χ3v) is 6.16. The van der Waals surface area contributed by atoms with Crippen LogP contribution >= 0.6 is 11.3 Å². The van der Waals surface area contributed by atoms with Gasteiger partial charge in [0.15, 0.2) is 11.0 Å². The smallest absolute Gasteiger partial charge is 0.322 e. The monoisotopic (exact) mass is 448 g/mol. The first-order valence-corrected chi connectivity index (χ1v) is 11.2. The molecule has 4 rings (SSSR count). The molecule has 2 amide bonds. The Bertz CT molecular complexity index is 915. The van der Waals surface area contributed by atoms with Gasteiger partial charge in [-0.3, -0.25) is 0 Å². The van der Waals surface area contributed by atoms with Crippen molar-refractivity contribution < 1.29 is 14.3 Å².